The smallest absolute Gasteiger partial charge is 0.132 e. The van der Waals surface area contributed by atoms with Gasteiger partial charge in [0.15, 0.2) is 0 Å². The van der Waals surface area contributed by atoms with Gasteiger partial charge in [0.25, 0.3) is 0 Å². The van der Waals surface area contributed by atoms with Crippen molar-refractivity contribution >= 4 is 50.0 Å². The SMILES string of the molecule is CO.[B][B][C@@H]1O[C@H](CO)C(O)[C@@H]1SCC(CCC(C)=O)CCC(=O)CCCCCS[C@H]1C(O)[C@@H](CO)O[C@H]1C. The first-order chi connectivity index (χ1) is 18.7. The minimum atomic E-state index is -0.822. The molecule has 0 bridgehead atoms. The van der Waals surface area contributed by atoms with Gasteiger partial charge in [0.1, 0.15) is 23.8 Å². The third kappa shape index (κ3) is 12.7. The lowest BCUT2D eigenvalue weighted by atomic mass is 9.51. The highest BCUT2D eigenvalue weighted by Gasteiger charge is 2.42. The molecule has 2 heterocycles. The Morgan fingerprint density at radius 3 is 2.10 bits per heavy atom. The fraction of sp³-hybridized carbons (Fsp3) is 0.923. The molecule has 39 heavy (non-hydrogen) atoms. The van der Waals surface area contributed by atoms with Crippen molar-refractivity contribution in [3.8, 4) is 0 Å². The molecule has 5 N–H and O–H groups in total. The van der Waals surface area contributed by atoms with E-state index >= 15 is 0 Å². The van der Waals surface area contributed by atoms with Crippen molar-refractivity contribution in [1.82, 2.24) is 0 Å². The Balaban J connectivity index is 0.00000371. The molecule has 2 fully saturated rings. The Bertz CT molecular complexity index is 692. The molecule has 9 nitrogen and oxygen atoms in total. The number of carbonyl (C=O) groups excluding carboxylic acids is 2. The van der Waals surface area contributed by atoms with Crippen LogP contribution < -0.4 is 0 Å². The number of hydrogen-bond donors (Lipinski definition) is 5. The second kappa shape index (κ2) is 20.7. The van der Waals surface area contributed by atoms with Gasteiger partial charge >= 0.3 is 0 Å². The molecule has 0 saturated carbocycles. The minimum absolute atomic E-state index is 0.0342. The molecule has 2 aliphatic heterocycles. The summed E-state index contributed by atoms with van der Waals surface area (Å²) in [4.78, 5) is 24.1. The Kier molecular flexibility index (Phi) is 19.6. The topological polar surface area (TPSA) is 154 Å². The summed E-state index contributed by atoms with van der Waals surface area (Å²) in [5.74, 6) is 2.06. The van der Waals surface area contributed by atoms with Crippen molar-refractivity contribution in [2.24, 2.45) is 5.92 Å². The van der Waals surface area contributed by atoms with E-state index in [1.54, 1.807) is 18.7 Å². The summed E-state index contributed by atoms with van der Waals surface area (Å²) in [6.07, 6.45) is 2.86. The first kappa shape index (κ1) is 36.9. The van der Waals surface area contributed by atoms with Crippen LogP contribution in [0.5, 0.6) is 0 Å². The predicted octanol–water partition coefficient (Wildman–Crippen LogP) is 0.700. The average Bonchev–Trinajstić information content (AvgIpc) is 3.40. The maximum atomic E-state index is 12.5. The van der Waals surface area contributed by atoms with Gasteiger partial charge in [0.05, 0.1) is 49.2 Å². The van der Waals surface area contributed by atoms with Crippen molar-refractivity contribution in [1.29, 1.82) is 0 Å². The first-order valence-electron chi connectivity index (χ1n) is 13.8. The molecule has 2 rings (SSSR count). The number of thioether (sulfide) groups is 2. The van der Waals surface area contributed by atoms with Crippen LogP contribution >= 0.6 is 23.5 Å². The molecule has 2 aliphatic rings. The summed E-state index contributed by atoms with van der Waals surface area (Å²) in [6.45, 7) is 3.04. The average molecular weight is 589 g/mol. The number of ketones is 2. The van der Waals surface area contributed by atoms with Crippen molar-refractivity contribution in [3.63, 3.8) is 0 Å². The van der Waals surface area contributed by atoms with Gasteiger partial charge in [-0.2, -0.15) is 23.5 Å². The van der Waals surface area contributed by atoms with E-state index in [1.165, 1.54) is 18.9 Å². The Hall–Kier alpha value is -0.110. The molecule has 9 atom stereocenters. The summed E-state index contributed by atoms with van der Waals surface area (Å²) < 4.78 is 11.2. The standard InChI is InChI=1S/C25H43B2O8S2.CH4O/c1-15(30)7-8-17(14-37-24-22(33)20(13-29)35-25(24)27-26)9-10-18(31)6-4-3-5-11-36-23-16(2)34-19(12-28)21(23)32;1-2/h16-17,19-25,28-29,32-33H,3-14H2,1-2H3;2H,1H3/t16-,17?,19+,20+,21?,22?,23+,24-,25+;/m0./s1. The number of carbonyl (C=O) groups is 2. The van der Waals surface area contributed by atoms with Crippen molar-refractivity contribution < 1.29 is 44.6 Å². The summed E-state index contributed by atoms with van der Waals surface area (Å²) in [5.41, 5.74) is 0. The lowest BCUT2D eigenvalue weighted by Gasteiger charge is -2.23. The molecule has 0 amide bonds. The molecule has 0 aromatic rings. The molecule has 3 radical (unpaired) electrons. The van der Waals surface area contributed by atoms with Crippen molar-refractivity contribution in [3.05, 3.63) is 0 Å². The molecule has 0 aromatic carbocycles. The highest BCUT2D eigenvalue weighted by Crippen LogP contribution is 2.34. The van der Waals surface area contributed by atoms with Crippen LogP contribution in [0.4, 0.5) is 0 Å². The fourth-order valence-corrected chi connectivity index (χ4v) is 7.74. The van der Waals surface area contributed by atoms with E-state index in [2.05, 4.69) is 0 Å². The zero-order valence-corrected chi connectivity index (χ0v) is 25.2. The van der Waals surface area contributed by atoms with Gasteiger partial charge in [-0.05, 0) is 57.0 Å². The van der Waals surface area contributed by atoms with Crippen LogP contribution in [0.2, 0.25) is 0 Å². The van der Waals surface area contributed by atoms with E-state index in [9.17, 15) is 30.0 Å². The van der Waals surface area contributed by atoms with E-state index in [4.69, 9.17) is 22.3 Å². The molecule has 223 valence electrons. The number of ether oxygens (including phenoxy) is 2. The summed E-state index contributed by atoms with van der Waals surface area (Å²) in [6, 6.07) is -0.450. The highest BCUT2D eigenvalue weighted by atomic mass is 32.2. The first-order valence-corrected chi connectivity index (χ1v) is 15.9. The fourth-order valence-electron chi connectivity index (χ4n) is 4.85. The van der Waals surface area contributed by atoms with E-state index in [0.29, 0.717) is 37.9 Å². The van der Waals surface area contributed by atoms with Gasteiger partial charge < -0.3 is 39.8 Å². The van der Waals surface area contributed by atoms with Gasteiger partial charge in [-0.15, -0.1) is 0 Å². The quantitative estimate of drug-likeness (QED) is 0.107. The summed E-state index contributed by atoms with van der Waals surface area (Å²) >= 11 is 3.20. The second-order valence-electron chi connectivity index (χ2n) is 10.2. The molecule has 3 unspecified atom stereocenters. The van der Waals surface area contributed by atoms with Gasteiger partial charge in [0, 0.05) is 40.1 Å². The number of rotatable bonds is 19. The van der Waals surface area contributed by atoms with E-state index in [1.807, 2.05) is 6.92 Å². The zero-order chi connectivity index (χ0) is 29.4. The van der Waals surface area contributed by atoms with Gasteiger partial charge in [-0.3, -0.25) is 4.79 Å². The maximum absolute atomic E-state index is 12.5. The van der Waals surface area contributed by atoms with E-state index in [0.717, 1.165) is 32.1 Å². The predicted molar refractivity (Wildman–Crippen MR) is 157 cm³/mol. The van der Waals surface area contributed by atoms with Gasteiger partial charge in [-0.1, -0.05) is 6.42 Å². The summed E-state index contributed by atoms with van der Waals surface area (Å²) in [7, 11) is 8.07. The third-order valence-corrected chi connectivity index (χ3v) is 10.3. The minimum Gasteiger partial charge on any atom is -0.400 e. The normalized spacial score (nSPS) is 31.0. The molecule has 13 heteroatoms. The van der Waals surface area contributed by atoms with Crippen LogP contribution in [-0.4, -0.2) is 131 Å². The number of aliphatic hydroxyl groups is 5. The van der Waals surface area contributed by atoms with E-state index in [-0.39, 0.29) is 47.3 Å². The number of unbranched alkanes of at least 4 members (excludes halogenated alkanes) is 2. The molecular weight excluding hydrogens is 542 g/mol. The maximum Gasteiger partial charge on any atom is 0.132 e. The lowest BCUT2D eigenvalue weighted by molar-refractivity contribution is -0.119. The lowest BCUT2D eigenvalue weighted by Crippen LogP contribution is -2.34. The highest BCUT2D eigenvalue weighted by molar-refractivity contribution is 8.00. The number of hydrogen-bond acceptors (Lipinski definition) is 11. The van der Waals surface area contributed by atoms with E-state index < -0.39 is 30.4 Å². The third-order valence-electron chi connectivity index (χ3n) is 7.16. The van der Waals surface area contributed by atoms with Crippen molar-refractivity contribution in [2.45, 2.75) is 112 Å². The molecule has 2 saturated heterocycles. The largest absolute Gasteiger partial charge is 0.400 e. The number of Topliss-reactive ketones (excluding diaryl/α,β-unsaturated/α-hetero) is 2. The van der Waals surface area contributed by atoms with Crippen LogP contribution in [0.3, 0.4) is 0 Å². The second-order valence-corrected chi connectivity index (χ2v) is 12.7. The van der Waals surface area contributed by atoms with Crippen LogP contribution in [0.25, 0.3) is 0 Å². The molecule has 0 aromatic heterocycles. The molecular formula is C26H47B2O9S2. The monoisotopic (exact) mass is 589 g/mol. The molecule has 0 aliphatic carbocycles. The van der Waals surface area contributed by atoms with Crippen molar-refractivity contribution in [2.75, 3.05) is 31.8 Å². The van der Waals surface area contributed by atoms with Gasteiger partial charge in [-0.25, -0.2) is 0 Å². The Morgan fingerprint density at radius 1 is 0.897 bits per heavy atom. The van der Waals surface area contributed by atoms with Gasteiger partial charge in [0.2, 0.25) is 0 Å². The van der Waals surface area contributed by atoms with Crippen LogP contribution in [-0.2, 0) is 19.1 Å². The summed E-state index contributed by atoms with van der Waals surface area (Å²) in [5, 5.41) is 46.0. The Labute approximate surface area is 244 Å². The zero-order valence-electron chi connectivity index (χ0n) is 23.5. The van der Waals surface area contributed by atoms with Crippen LogP contribution in [0.1, 0.15) is 65.2 Å². The molecule has 0 spiro atoms. The van der Waals surface area contributed by atoms with Crippen LogP contribution in [0.15, 0.2) is 0 Å². The number of aliphatic hydroxyl groups excluding tert-OH is 5. The Morgan fingerprint density at radius 2 is 1.51 bits per heavy atom. The van der Waals surface area contributed by atoms with Crippen LogP contribution in [0, 0.1) is 5.92 Å².